The van der Waals surface area contributed by atoms with Crippen LogP contribution in [0.25, 0.3) is 54.2 Å². The van der Waals surface area contributed by atoms with Crippen LogP contribution in [-0.4, -0.2) is 0 Å². The predicted molar refractivity (Wildman–Crippen MR) is 189 cm³/mol. The first-order valence-electron chi connectivity index (χ1n) is 15.5. The van der Waals surface area contributed by atoms with Crippen LogP contribution in [-0.2, 0) is 5.41 Å². The predicted octanol–water partition coefficient (Wildman–Crippen LogP) is 12.1. The number of fused-ring (bicyclic) bond motifs is 11. The summed E-state index contributed by atoms with van der Waals surface area (Å²) in [5.41, 5.74) is 8.78. The van der Waals surface area contributed by atoms with E-state index in [4.69, 9.17) is 0 Å². The third-order valence-electron chi connectivity index (χ3n) is 9.79. The smallest absolute Gasteiger partial charge is 0.0465 e. The lowest BCUT2D eigenvalue weighted by Crippen LogP contribution is -2.16. The minimum atomic E-state index is -0.150. The lowest BCUT2D eigenvalue weighted by molar-refractivity contribution is 0.661. The van der Waals surface area contributed by atoms with Gasteiger partial charge < -0.3 is 4.90 Å². The van der Waals surface area contributed by atoms with Gasteiger partial charge in [0.2, 0.25) is 0 Å². The summed E-state index contributed by atoms with van der Waals surface area (Å²) in [6.45, 7) is 4.78. The van der Waals surface area contributed by atoms with Gasteiger partial charge in [-0.2, -0.15) is 0 Å². The Balaban J connectivity index is 1.31. The number of benzene rings is 8. The first-order chi connectivity index (χ1) is 21.6. The number of anilines is 3. The number of rotatable bonds is 3. The molecule has 1 nitrogen and oxygen atoms in total. The van der Waals surface area contributed by atoms with E-state index in [-0.39, 0.29) is 5.41 Å². The van der Waals surface area contributed by atoms with Gasteiger partial charge in [0, 0.05) is 22.5 Å². The summed E-state index contributed by atoms with van der Waals surface area (Å²) in [4.78, 5) is 2.36. The molecule has 8 aromatic rings. The van der Waals surface area contributed by atoms with Crippen LogP contribution < -0.4 is 4.90 Å². The molecule has 9 rings (SSSR count). The van der Waals surface area contributed by atoms with Crippen LogP contribution >= 0.6 is 0 Å². The van der Waals surface area contributed by atoms with E-state index >= 15 is 0 Å². The fourth-order valence-electron chi connectivity index (χ4n) is 7.68. The number of hydrogen-bond donors (Lipinski definition) is 0. The van der Waals surface area contributed by atoms with E-state index in [1.165, 1.54) is 71.0 Å². The zero-order chi connectivity index (χ0) is 29.4. The van der Waals surface area contributed by atoms with E-state index in [0.717, 1.165) is 11.4 Å². The molecule has 1 aliphatic carbocycles. The van der Waals surface area contributed by atoms with Crippen LogP contribution in [0.15, 0.2) is 152 Å². The number of para-hydroxylation sites is 2. The van der Waals surface area contributed by atoms with Crippen molar-refractivity contribution in [2.75, 3.05) is 4.90 Å². The molecule has 0 bridgehead atoms. The summed E-state index contributed by atoms with van der Waals surface area (Å²) in [6.07, 6.45) is 0. The van der Waals surface area contributed by atoms with Crippen molar-refractivity contribution >= 4 is 60.2 Å². The van der Waals surface area contributed by atoms with Crippen molar-refractivity contribution < 1.29 is 0 Å². The first kappa shape index (κ1) is 25.1. The minimum Gasteiger partial charge on any atom is -0.310 e. The van der Waals surface area contributed by atoms with Crippen molar-refractivity contribution in [2.24, 2.45) is 0 Å². The lowest BCUT2D eigenvalue weighted by atomic mass is 9.80. The Labute approximate surface area is 257 Å². The fraction of sp³-hybridized carbons (Fsp3) is 0.0698. The highest BCUT2D eigenvalue weighted by atomic mass is 15.1. The Morgan fingerprint density at radius 3 is 1.68 bits per heavy atom. The van der Waals surface area contributed by atoms with Crippen molar-refractivity contribution in [3.8, 4) is 11.1 Å². The molecule has 0 spiro atoms. The Kier molecular flexibility index (Phi) is 5.31. The van der Waals surface area contributed by atoms with Gasteiger partial charge in [0.1, 0.15) is 0 Å². The van der Waals surface area contributed by atoms with Crippen LogP contribution in [0, 0.1) is 0 Å². The molecule has 0 radical (unpaired) electrons. The van der Waals surface area contributed by atoms with E-state index in [1.807, 2.05) is 0 Å². The highest BCUT2D eigenvalue weighted by molar-refractivity contribution is 6.32. The zero-order valence-corrected chi connectivity index (χ0v) is 24.9. The summed E-state index contributed by atoms with van der Waals surface area (Å²) < 4.78 is 0. The topological polar surface area (TPSA) is 3.24 Å². The van der Waals surface area contributed by atoms with E-state index < -0.39 is 0 Å². The summed E-state index contributed by atoms with van der Waals surface area (Å²) >= 11 is 0. The van der Waals surface area contributed by atoms with Gasteiger partial charge >= 0.3 is 0 Å². The molecule has 0 saturated heterocycles. The summed E-state index contributed by atoms with van der Waals surface area (Å²) in [7, 11) is 0. The van der Waals surface area contributed by atoms with Gasteiger partial charge in [-0.15, -0.1) is 0 Å². The molecule has 8 aromatic carbocycles. The van der Waals surface area contributed by atoms with Crippen molar-refractivity contribution in [1.82, 2.24) is 0 Å². The number of nitrogens with zero attached hydrogens (tertiary/aromatic N) is 1. The molecule has 0 N–H and O–H groups in total. The molecule has 0 amide bonds. The standard InChI is InChI=1S/C43H31N/c1-43(2)40-25-31(44(29-14-5-3-6-15-29)30-16-7-4-8-17-30)22-24-34(40)39-26-37-33-19-11-12-20-35(33)42-32-18-10-9-13-28(32)21-23-36(42)38(37)27-41(39)43/h3-27H,1-2H3. The average Bonchev–Trinajstić information content (AvgIpc) is 3.30. The van der Waals surface area contributed by atoms with E-state index in [9.17, 15) is 0 Å². The molecule has 208 valence electrons. The minimum absolute atomic E-state index is 0.150. The second-order valence-electron chi connectivity index (χ2n) is 12.6. The third-order valence-corrected chi connectivity index (χ3v) is 9.79. The maximum absolute atomic E-state index is 2.50. The van der Waals surface area contributed by atoms with Crippen LogP contribution in [0.5, 0.6) is 0 Å². The molecular formula is C43H31N. The fourth-order valence-corrected chi connectivity index (χ4v) is 7.68. The monoisotopic (exact) mass is 561 g/mol. The number of hydrogen-bond acceptors (Lipinski definition) is 1. The normalized spacial score (nSPS) is 13.4. The van der Waals surface area contributed by atoms with Gasteiger partial charge in [-0.1, -0.05) is 117 Å². The summed E-state index contributed by atoms with van der Waals surface area (Å²) in [5, 5.41) is 10.6. The molecular weight excluding hydrogens is 530 g/mol. The molecule has 0 aromatic heterocycles. The van der Waals surface area contributed by atoms with Gasteiger partial charge in [0.25, 0.3) is 0 Å². The SMILES string of the molecule is CC1(C)c2cc(N(c3ccccc3)c3ccccc3)ccc2-c2cc3c4ccccc4c4c5ccccc5ccc4c3cc21. The zero-order valence-electron chi connectivity index (χ0n) is 24.9. The van der Waals surface area contributed by atoms with Crippen molar-refractivity contribution in [3.05, 3.63) is 163 Å². The molecule has 44 heavy (non-hydrogen) atoms. The van der Waals surface area contributed by atoms with Gasteiger partial charge in [-0.05, 0) is 114 Å². The molecule has 1 heteroatoms. The van der Waals surface area contributed by atoms with Crippen molar-refractivity contribution in [1.29, 1.82) is 0 Å². The van der Waals surface area contributed by atoms with E-state index in [0.29, 0.717) is 0 Å². The molecule has 1 aliphatic rings. The second-order valence-corrected chi connectivity index (χ2v) is 12.6. The van der Waals surface area contributed by atoms with E-state index in [2.05, 4.69) is 170 Å². The van der Waals surface area contributed by atoms with Crippen LogP contribution in [0.3, 0.4) is 0 Å². The molecule has 0 atom stereocenters. The summed E-state index contributed by atoms with van der Waals surface area (Å²) in [5.74, 6) is 0. The Bertz CT molecular complexity index is 2360. The first-order valence-corrected chi connectivity index (χ1v) is 15.5. The largest absolute Gasteiger partial charge is 0.310 e. The Morgan fingerprint density at radius 1 is 0.386 bits per heavy atom. The van der Waals surface area contributed by atoms with Crippen molar-refractivity contribution in [3.63, 3.8) is 0 Å². The maximum Gasteiger partial charge on any atom is 0.0465 e. The highest BCUT2D eigenvalue weighted by Crippen LogP contribution is 2.53. The van der Waals surface area contributed by atoms with E-state index in [1.54, 1.807) is 0 Å². The lowest BCUT2D eigenvalue weighted by Gasteiger charge is -2.28. The average molecular weight is 562 g/mol. The Hall–Kier alpha value is -5.40. The second kappa shape index (κ2) is 9.30. The molecule has 0 fully saturated rings. The Morgan fingerprint density at radius 2 is 0.955 bits per heavy atom. The van der Waals surface area contributed by atoms with Crippen molar-refractivity contribution in [2.45, 2.75) is 19.3 Å². The van der Waals surface area contributed by atoms with Gasteiger partial charge in [-0.25, -0.2) is 0 Å². The highest BCUT2D eigenvalue weighted by Gasteiger charge is 2.36. The van der Waals surface area contributed by atoms with Crippen LogP contribution in [0.4, 0.5) is 17.1 Å². The molecule has 0 heterocycles. The van der Waals surface area contributed by atoms with Gasteiger partial charge in [-0.3, -0.25) is 0 Å². The van der Waals surface area contributed by atoms with Gasteiger partial charge in [0.05, 0.1) is 0 Å². The molecule has 0 unspecified atom stereocenters. The third kappa shape index (κ3) is 3.53. The molecule has 0 saturated carbocycles. The molecule has 0 aliphatic heterocycles. The maximum atomic E-state index is 2.50. The van der Waals surface area contributed by atoms with Crippen LogP contribution in [0.1, 0.15) is 25.0 Å². The quantitative estimate of drug-likeness (QED) is 0.194. The van der Waals surface area contributed by atoms with Crippen LogP contribution in [0.2, 0.25) is 0 Å². The summed E-state index contributed by atoms with van der Waals surface area (Å²) in [6, 6.07) is 55.8. The van der Waals surface area contributed by atoms with Gasteiger partial charge in [0.15, 0.2) is 0 Å².